The number of carbonyl (C=O) groups is 1. The molecule has 0 saturated heterocycles. The van der Waals surface area contributed by atoms with Gasteiger partial charge in [0.1, 0.15) is 22.9 Å². The van der Waals surface area contributed by atoms with Crippen LogP contribution in [0, 0.1) is 0 Å². The Hall–Kier alpha value is -4.34. The van der Waals surface area contributed by atoms with Crippen LogP contribution in [-0.2, 0) is 13.6 Å². The minimum Gasteiger partial charge on any atom is -0.497 e. The van der Waals surface area contributed by atoms with E-state index >= 15 is 0 Å². The molecule has 0 fully saturated rings. The van der Waals surface area contributed by atoms with Gasteiger partial charge in [-0.25, -0.2) is 4.68 Å². The largest absolute Gasteiger partial charge is 0.497 e. The summed E-state index contributed by atoms with van der Waals surface area (Å²) in [4.78, 5) is 24.9. The second-order valence-electron chi connectivity index (χ2n) is 7.12. The van der Waals surface area contributed by atoms with Crippen molar-refractivity contribution in [3.63, 3.8) is 0 Å². The van der Waals surface area contributed by atoms with Gasteiger partial charge < -0.3 is 19.2 Å². The molecule has 10 nitrogen and oxygen atoms in total. The number of benzene rings is 1. The highest BCUT2D eigenvalue weighted by atomic mass is 16.5. The number of amides is 1. The third-order valence-corrected chi connectivity index (χ3v) is 5.04. The van der Waals surface area contributed by atoms with Crippen molar-refractivity contribution >= 4 is 5.91 Å². The molecule has 33 heavy (non-hydrogen) atoms. The lowest BCUT2D eigenvalue weighted by Crippen LogP contribution is -2.32. The van der Waals surface area contributed by atoms with Gasteiger partial charge >= 0.3 is 0 Å². The molecular weight excluding hydrogens is 426 g/mol. The van der Waals surface area contributed by atoms with Crippen molar-refractivity contribution in [2.45, 2.75) is 6.54 Å². The number of rotatable bonds is 8. The molecule has 0 aliphatic carbocycles. The summed E-state index contributed by atoms with van der Waals surface area (Å²) in [5, 5.41) is 11.6. The van der Waals surface area contributed by atoms with E-state index in [1.807, 2.05) is 0 Å². The number of ether oxygens (including phenoxy) is 2. The summed E-state index contributed by atoms with van der Waals surface area (Å²) < 4.78 is 18.8. The number of aromatic nitrogens is 4. The fourth-order valence-corrected chi connectivity index (χ4v) is 3.36. The van der Waals surface area contributed by atoms with Crippen molar-refractivity contribution < 1.29 is 18.7 Å². The maximum Gasteiger partial charge on any atom is 0.269 e. The predicted octanol–water partition coefficient (Wildman–Crippen LogP) is 2.35. The standard InChI is InChI=1S/C23H23N5O5/c1-27-19(14-18(25-27)16-13-15(31-2)6-8-20(16)32-3)23(30)24-10-11-28-22(29)9-7-17(26-28)21-5-4-12-33-21/h4-9,12-14H,10-11H2,1-3H3,(H,24,30). The van der Waals surface area contributed by atoms with Gasteiger partial charge in [-0.3, -0.25) is 14.3 Å². The van der Waals surface area contributed by atoms with Crippen LogP contribution in [0.2, 0.25) is 0 Å². The van der Waals surface area contributed by atoms with Crippen molar-refractivity contribution in [2.75, 3.05) is 20.8 Å². The first-order valence-corrected chi connectivity index (χ1v) is 10.2. The number of nitrogens with zero attached hydrogens (tertiary/aromatic N) is 4. The molecular formula is C23H23N5O5. The lowest BCUT2D eigenvalue weighted by molar-refractivity contribution is 0.0942. The SMILES string of the molecule is COc1ccc(OC)c(-c2cc(C(=O)NCCn3nc(-c4ccco4)ccc3=O)n(C)n2)c1. The first kappa shape index (κ1) is 21.9. The van der Waals surface area contributed by atoms with E-state index < -0.39 is 0 Å². The third kappa shape index (κ3) is 4.64. The molecule has 0 saturated carbocycles. The number of hydrogen-bond acceptors (Lipinski definition) is 7. The number of aryl methyl sites for hydroxylation is 1. The second kappa shape index (κ2) is 9.43. The molecule has 0 spiro atoms. The van der Waals surface area contributed by atoms with Crippen LogP contribution >= 0.6 is 0 Å². The van der Waals surface area contributed by atoms with E-state index in [1.54, 1.807) is 63.7 Å². The molecule has 1 N–H and O–H groups in total. The summed E-state index contributed by atoms with van der Waals surface area (Å²) in [5.41, 5.74) is 1.90. The van der Waals surface area contributed by atoms with Gasteiger partial charge in [-0.1, -0.05) is 0 Å². The van der Waals surface area contributed by atoms with Gasteiger partial charge in [0, 0.05) is 25.2 Å². The van der Waals surface area contributed by atoms with Gasteiger partial charge in [0.2, 0.25) is 0 Å². The highest BCUT2D eigenvalue weighted by Crippen LogP contribution is 2.32. The molecule has 0 atom stereocenters. The molecule has 3 heterocycles. The van der Waals surface area contributed by atoms with Gasteiger partial charge in [-0.2, -0.15) is 10.2 Å². The predicted molar refractivity (Wildman–Crippen MR) is 120 cm³/mol. The second-order valence-corrected chi connectivity index (χ2v) is 7.12. The van der Waals surface area contributed by atoms with Crippen LogP contribution in [0.15, 0.2) is 64.0 Å². The van der Waals surface area contributed by atoms with Crippen LogP contribution in [0.25, 0.3) is 22.7 Å². The smallest absolute Gasteiger partial charge is 0.269 e. The van der Waals surface area contributed by atoms with Gasteiger partial charge in [-0.05, 0) is 42.5 Å². The Labute approximate surface area is 189 Å². The number of methoxy groups -OCH3 is 2. The van der Waals surface area contributed by atoms with Gasteiger partial charge in [0.15, 0.2) is 5.76 Å². The monoisotopic (exact) mass is 449 g/mol. The lowest BCUT2D eigenvalue weighted by Gasteiger charge is -2.08. The van der Waals surface area contributed by atoms with Crippen molar-refractivity contribution in [1.29, 1.82) is 0 Å². The van der Waals surface area contributed by atoms with Crippen molar-refractivity contribution in [2.24, 2.45) is 7.05 Å². The van der Waals surface area contributed by atoms with E-state index in [4.69, 9.17) is 13.9 Å². The zero-order valence-electron chi connectivity index (χ0n) is 18.4. The number of nitrogens with one attached hydrogen (secondary N) is 1. The molecule has 4 rings (SSSR count). The van der Waals surface area contributed by atoms with E-state index in [9.17, 15) is 9.59 Å². The Morgan fingerprint density at radius 2 is 1.91 bits per heavy atom. The fraction of sp³-hybridized carbons (Fsp3) is 0.217. The Kier molecular flexibility index (Phi) is 6.25. The summed E-state index contributed by atoms with van der Waals surface area (Å²) in [6, 6.07) is 13.6. The minimum absolute atomic E-state index is 0.202. The van der Waals surface area contributed by atoms with Crippen LogP contribution in [0.5, 0.6) is 11.5 Å². The number of furan rings is 1. The summed E-state index contributed by atoms with van der Waals surface area (Å²) in [7, 11) is 4.83. The minimum atomic E-state index is -0.326. The van der Waals surface area contributed by atoms with Crippen LogP contribution in [-0.4, -0.2) is 46.2 Å². The van der Waals surface area contributed by atoms with Crippen LogP contribution in [0.1, 0.15) is 10.5 Å². The Morgan fingerprint density at radius 1 is 1.06 bits per heavy atom. The Balaban J connectivity index is 1.47. The highest BCUT2D eigenvalue weighted by Gasteiger charge is 2.17. The van der Waals surface area contributed by atoms with Crippen LogP contribution in [0.3, 0.4) is 0 Å². The molecule has 170 valence electrons. The first-order chi connectivity index (χ1) is 16.0. The summed E-state index contributed by atoms with van der Waals surface area (Å²) in [6.07, 6.45) is 1.54. The average Bonchev–Trinajstić information content (AvgIpc) is 3.50. The van der Waals surface area contributed by atoms with Crippen LogP contribution in [0.4, 0.5) is 0 Å². The number of hydrogen-bond donors (Lipinski definition) is 1. The van der Waals surface area contributed by atoms with Gasteiger partial charge in [-0.15, -0.1) is 0 Å². The summed E-state index contributed by atoms with van der Waals surface area (Å²) in [6.45, 7) is 0.407. The van der Waals surface area contributed by atoms with Crippen molar-refractivity contribution in [3.8, 4) is 34.2 Å². The third-order valence-electron chi connectivity index (χ3n) is 5.04. The topological polar surface area (TPSA) is 113 Å². The molecule has 10 heteroatoms. The quantitative estimate of drug-likeness (QED) is 0.439. The van der Waals surface area contributed by atoms with Gasteiger partial charge in [0.05, 0.1) is 32.7 Å². The molecule has 0 aliphatic rings. The average molecular weight is 449 g/mol. The van der Waals surface area contributed by atoms with E-state index in [-0.39, 0.29) is 24.6 Å². The molecule has 3 aromatic heterocycles. The Bertz CT molecular complexity index is 1320. The van der Waals surface area contributed by atoms with Crippen molar-refractivity contribution in [3.05, 3.63) is 70.8 Å². The summed E-state index contributed by atoms with van der Waals surface area (Å²) >= 11 is 0. The zero-order valence-corrected chi connectivity index (χ0v) is 18.4. The van der Waals surface area contributed by atoms with Gasteiger partial charge in [0.25, 0.3) is 11.5 Å². The summed E-state index contributed by atoms with van der Waals surface area (Å²) in [5.74, 6) is 1.50. The van der Waals surface area contributed by atoms with Crippen molar-refractivity contribution in [1.82, 2.24) is 24.9 Å². The highest BCUT2D eigenvalue weighted by molar-refractivity contribution is 5.93. The van der Waals surface area contributed by atoms with E-state index in [0.717, 1.165) is 0 Å². The molecule has 0 bridgehead atoms. The normalized spacial score (nSPS) is 10.8. The molecule has 1 aromatic carbocycles. The fourth-order valence-electron chi connectivity index (χ4n) is 3.36. The van der Waals surface area contributed by atoms with E-state index in [0.29, 0.717) is 39.9 Å². The molecule has 0 unspecified atom stereocenters. The molecule has 4 aromatic rings. The Morgan fingerprint density at radius 3 is 2.64 bits per heavy atom. The van der Waals surface area contributed by atoms with Crippen LogP contribution < -0.4 is 20.3 Å². The number of carbonyl (C=O) groups excluding carboxylic acids is 1. The van der Waals surface area contributed by atoms with E-state index in [1.165, 1.54) is 21.7 Å². The molecule has 0 radical (unpaired) electrons. The molecule has 1 amide bonds. The lowest BCUT2D eigenvalue weighted by atomic mass is 10.1. The first-order valence-electron chi connectivity index (χ1n) is 10.2. The zero-order chi connectivity index (χ0) is 23.4. The van der Waals surface area contributed by atoms with E-state index in [2.05, 4.69) is 15.5 Å². The maximum atomic E-state index is 12.8. The maximum absolute atomic E-state index is 12.8. The molecule has 0 aliphatic heterocycles.